The van der Waals surface area contributed by atoms with Crippen LogP contribution in [0.5, 0.6) is 0 Å². The number of carbonyl (C=O) groups excluding carboxylic acids is 1. The van der Waals surface area contributed by atoms with E-state index in [1.54, 1.807) is 0 Å². The van der Waals surface area contributed by atoms with Crippen molar-refractivity contribution in [1.29, 1.82) is 0 Å². The van der Waals surface area contributed by atoms with Crippen molar-refractivity contribution in [2.75, 3.05) is 6.54 Å². The molecule has 2 rings (SSSR count). The Kier molecular flexibility index (Phi) is 5.19. The molecule has 0 radical (unpaired) electrons. The van der Waals surface area contributed by atoms with Gasteiger partial charge in [0.25, 0.3) is 5.91 Å². The molecule has 0 atom stereocenters. The molecule has 0 spiro atoms. The van der Waals surface area contributed by atoms with Crippen molar-refractivity contribution in [1.82, 2.24) is 4.90 Å². The van der Waals surface area contributed by atoms with Crippen molar-refractivity contribution in [3.8, 4) is 0 Å². The molecule has 1 aromatic rings. The maximum atomic E-state index is 12.6. The van der Waals surface area contributed by atoms with Gasteiger partial charge in [0, 0.05) is 27.1 Å². The minimum Gasteiger partial charge on any atom is -0.393 e. The van der Waals surface area contributed by atoms with Crippen molar-refractivity contribution in [3.05, 3.63) is 31.8 Å². The van der Waals surface area contributed by atoms with Gasteiger partial charge in [0.2, 0.25) is 0 Å². The summed E-state index contributed by atoms with van der Waals surface area (Å²) in [6, 6.07) is 6.14. The van der Waals surface area contributed by atoms with Crippen LogP contribution in [-0.2, 0) is 0 Å². The zero-order valence-electron chi connectivity index (χ0n) is 10.2. The third-order valence-corrected chi connectivity index (χ3v) is 4.57. The number of hydrogen-bond acceptors (Lipinski definition) is 2. The van der Waals surface area contributed by atoms with Gasteiger partial charge in [-0.25, -0.2) is 0 Å². The lowest BCUT2D eigenvalue weighted by atomic mass is 10.2. The maximum absolute atomic E-state index is 12.6. The second kappa shape index (κ2) is 6.49. The largest absolute Gasteiger partial charge is 0.393 e. The normalized spacial score (nSPS) is 14.2. The molecule has 0 unspecified atom stereocenters. The van der Waals surface area contributed by atoms with E-state index >= 15 is 0 Å². The predicted molar refractivity (Wildman–Crippen MR) is 92.3 cm³/mol. The number of amides is 1. The molecule has 2 N–H and O–H groups in total. The van der Waals surface area contributed by atoms with Crippen LogP contribution < -0.4 is 5.73 Å². The zero-order chi connectivity index (χ0) is 14.0. The molecule has 0 aromatic heterocycles. The van der Waals surface area contributed by atoms with E-state index in [4.69, 9.17) is 18.0 Å². The molecule has 0 aliphatic heterocycles. The molecular weight excluding hydrogens is 439 g/mol. The third-order valence-electron chi connectivity index (χ3n) is 3.01. The van der Waals surface area contributed by atoms with Crippen molar-refractivity contribution in [2.45, 2.75) is 25.3 Å². The fraction of sp³-hybridized carbons (Fsp3) is 0.385. The van der Waals surface area contributed by atoms with Crippen LogP contribution in [0.3, 0.4) is 0 Å². The summed E-state index contributed by atoms with van der Waals surface area (Å²) in [6.45, 7) is 0.608. The highest BCUT2D eigenvalue weighted by molar-refractivity contribution is 14.1. The monoisotopic (exact) mass is 452 g/mol. The Balaban J connectivity index is 2.18. The summed E-state index contributed by atoms with van der Waals surface area (Å²) in [4.78, 5) is 15.0. The third kappa shape index (κ3) is 4.13. The van der Waals surface area contributed by atoms with Crippen LogP contribution in [0.1, 0.15) is 29.6 Å². The number of thiocarbonyl (C=S) groups is 1. The molecule has 1 saturated carbocycles. The first kappa shape index (κ1) is 15.2. The lowest BCUT2D eigenvalue weighted by Gasteiger charge is -2.23. The van der Waals surface area contributed by atoms with E-state index in [-0.39, 0.29) is 5.91 Å². The molecule has 0 saturated heterocycles. The van der Waals surface area contributed by atoms with E-state index in [2.05, 4.69) is 38.5 Å². The average molecular weight is 453 g/mol. The second-order valence-electron chi connectivity index (χ2n) is 4.57. The summed E-state index contributed by atoms with van der Waals surface area (Å²) in [7, 11) is 0. The summed E-state index contributed by atoms with van der Waals surface area (Å²) in [5.41, 5.74) is 6.25. The van der Waals surface area contributed by atoms with Gasteiger partial charge in [-0.3, -0.25) is 4.79 Å². The van der Waals surface area contributed by atoms with Gasteiger partial charge in [0.05, 0.1) is 10.6 Å². The van der Waals surface area contributed by atoms with E-state index in [1.807, 2.05) is 23.1 Å². The molecule has 1 aliphatic rings. The van der Waals surface area contributed by atoms with Gasteiger partial charge in [0.1, 0.15) is 0 Å². The number of benzene rings is 1. The van der Waals surface area contributed by atoms with Crippen LogP contribution in [0.2, 0.25) is 0 Å². The standard InChI is InChI=1S/C13H14BrIN2OS/c14-11-4-1-8(15)7-10(11)13(18)17(9-2-3-9)6-5-12(16)19/h1,4,7,9H,2-3,5-6H2,(H2,16,19). The molecule has 102 valence electrons. The Bertz CT molecular complexity index is 519. The summed E-state index contributed by atoms with van der Waals surface area (Å²) >= 11 is 10.6. The summed E-state index contributed by atoms with van der Waals surface area (Å²) in [5.74, 6) is 0.0594. The molecule has 1 aromatic carbocycles. The number of nitrogens with two attached hydrogens (primary N) is 1. The van der Waals surface area contributed by atoms with Crippen molar-refractivity contribution in [3.63, 3.8) is 0 Å². The van der Waals surface area contributed by atoms with E-state index < -0.39 is 0 Å². The number of nitrogens with zero attached hydrogens (tertiary/aromatic N) is 1. The topological polar surface area (TPSA) is 46.3 Å². The van der Waals surface area contributed by atoms with Crippen LogP contribution in [0.25, 0.3) is 0 Å². The number of hydrogen-bond donors (Lipinski definition) is 1. The Hall–Kier alpha value is -0.210. The lowest BCUT2D eigenvalue weighted by molar-refractivity contribution is 0.0747. The second-order valence-corrected chi connectivity index (χ2v) is 7.19. The molecule has 1 fully saturated rings. The fourth-order valence-electron chi connectivity index (χ4n) is 1.88. The van der Waals surface area contributed by atoms with Gasteiger partial charge in [0.15, 0.2) is 0 Å². The molecule has 3 nitrogen and oxygen atoms in total. The first-order valence-corrected chi connectivity index (χ1v) is 8.31. The highest BCUT2D eigenvalue weighted by Gasteiger charge is 2.33. The number of carbonyl (C=O) groups is 1. The molecule has 0 bridgehead atoms. The Labute approximate surface area is 140 Å². The Morgan fingerprint density at radius 3 is 2.79 bits per heavy atom. The van der Waals surface area contributed by atoms with Crippen LogP contribution >= 0.6 is 50.7 Å². The zero-order valence-corrected chi connectivity index (χ0v) is 14.8. The molecule has 6 heteroatoms. The quantitative estimate of drug-likeness (QED) is 0.550. The summed E-state index contributed by atoms with van der Waals surface area (Å²) in [6.07, 6.45) is 2.73. The van der Waals surface area contributed by atoms with Crippen molar-refractivity contribution >= 4 is 61.6 Å². The Morgan fingerprint density at radius 2 is 2.21 bits per heavy atom. The van der Waals surface area contributed by atoms with Crippen LogP contribution in [0.4, 0.5) is 0 Å². The highest BCUT2D eigenvalue weighted by Crippen LogP contribution is 2.30. The molecular formula is C13H14BrIN2OS. The number of rotatable bonds is 5. The SMILES string of the molecule is NC(=S)CCN(C(=O)c1cc(I)ccc1Br)C1CC1. The van der Waals surface area contributed by atoms with Gasteiger partial charge in [-0.15, -0.1) is 0 Å². The van der Waals surface area contributed by atoms with Gasteiger partial charge in [-0.05, 0) is 69.6 Å². The van der Waals surface area contributed by atoms with Gasteiger partial charge in [-0.2, -0.15) is 0 Å². The van der Waals surface area contributed by atoms with Gasteiger partial charge in [-0.1, -0.05) is 12.2 Å². The summed E-state index contributed by atoms with van der Waals surface area (Å²) < 4.78 is 1.88. The first-order chi connectivity index (χ1) is 8.99. The minimum atomic E-state index is 0.0594. The maximum Gasteiger partial charge on any atom is 0.255 e. The molecule has 0 heterocycles. The average Bonchev–Trinajstić information content (AvgIpc) is 3.16. The lowest BCUT2D eigenvalue weighted by Crippen LogP contribution is -2.35. The predicted octanol–water partition coefficient (Wildman–Crippen LogP) is 3.33. The van der Waals surface area contributed by atoms with Crippen LogP contribution in [0, 0.1) is 3.57 Å². The van der Waals surface area contributed by atoms with Gasteiger partial charge >= 0.3 is 0 Å². The van der Waals surface area contributed by atoms with Crippen LogP contribution in [-0.4, -0.2) is 28.4 Å². The molecule has 19 heavy (non-hydrogen) atoms. The van der Waals surface area contributed by atoms with Crippen molar-refractivity contribution < 1.29 is 4.79 Å². The van der Waals surface area contributed by atoms with E-state index in [0.29, 0.717) is 29.6 Å². The van der Waals surface area contributed by atoms with E-state index in [0.717, 1.165) is 20.9 Å². The highest BCUT2D eigenvalue weighted by atomic mass is 127. The fourth-order valence-corrected chi connectivity index (χ4v) is 2.88. The summed E-state index contributed by atoms with van der Waals surface area (Å²) in [5, 5.41) is 0. The van der Waals surface area contributed by atoms with E-state index in [9.17, 15) is 4.79 Å². The first-order valence-electron chi connectivity index (χ1n) is 6.03. The van der Waals surface area contributed by atoms with Crippen LogP contribution in [0.15, 0.2) is 22.7 Å². The minimum absolute atomic E-state index is 0.0594. The van der Waals surface area contributed by atoms with Crippen molar-refractivity contribution in [2.24, 2.45) is 5.73 Å². The van der Waals surface area contributed by atoms with E-state index in [1.165, 1.54) is 0 Å². The molecule has 1 aliphatic carbocycles. The smallest absolute Gasteiger partial charge is 0.255 e. The number of halogens is 2. The van der Waals surface area contributed by atoms with Gasteiger partial charge < -0.3 is 10.6 Å². The molecule has 1 amide bonds. The Morgan fingerprint density at radius 1 is 1.53 bits per heavy atom.